The second-order valence-electron chi connectivity index (χ2n) is 5.90. The molecule has 0 radical (unpaired) electrons. The van der Waals surface area contributed by atoms with Gasteiger partial charge >= 0.3 is 0 Å². The van der Waals surface area contributed by atoms with Crippen molar-refractivity contribution in [3.05, 3.63) is 70.0 Å². The molecule has 2 aromatic carbocycles. The number of halogens is 1. The number of anilines is 1. The van der Waals surface area contributed by atoms with E-state index in [-0.39, 0.29) is 11.5 Å². The summed E-state index contributed by atoms with van der Waals surface area (Å²) >= 11 is 7.16. The minimum absolute atomic E-state index is 0.265. The highest BCUT2D eigenvalue weighted by atomic mass is 35.5. The summed E-state index contributed by atoms with van der Waals surface area (Å²) < 4.78 is 5.24. The van der Waals surface area contributed by atoms with Crippen molar-refractivity contribution in [1.82, 2.24) is 9.97 Å². The van der Waals surface area contributed by atoms with Gasteiger partial charge in [-0.3, -0.25) is 9.59 Å². The second-order valence-corrected chi connectivity index (χ2v) is 7.66. The van der Waals surface area contributed by atoms with E-state index in [4.69, 9.17) is 16.3 Å². The number of benzene rings is 2. The topological polar surface area (TPSA) is 84.1 Å². The molecule has 0 fully saturated rings. The van der Waals surface area contributed by atoms with Gasteiger partial charge in [0, 0.05) is 16.7 Å². The first-order valence-corrected chi connectivity index (χ1v) is 9.70. The number of aromatic amines is 1. The lowest BCUT2D eigenvalue weighted by atomic mass is 10.1. The van der Waals surface area contributed by atoms with Crippen molar-refractivity contribution in [2.75, 3.05) is 12.4 Å². The number of ether oxygens (including phenoxy) is 1. The van der Waals surface area contributed by atoms with Crippen molar-refractivity contribution in [2.45, 2.75) is 17.3 Å². The molecule has 144 valence electrons. The molecule has 6 nitrogen and oxygen atoms in total. The van der Waals surface area contributed by atoms with Crippen LogP contribution < -0.4 is 15.6 Å². The number of H-pyrrole nitrogens is 1. The Hall–Kier alpha value is -2.77. The molecular formula is C20H18ClN3O3S. The summed E-state index contributed by atoms with van der Waals surface area (Å²) in [5, 5.41) is 3.13. The Morgan fingerprint density at radius 2 is 1.96 bits per heavy atom. The highest BCUT2D eigenvalue weighted by Crippen LogP contribution is 2.29. The molecule has 1 amide bonds. The monoisotopic (exact) mass is 415 g/mol. The summed E-state index contributed by atoms with van der Waals surface area (Å²) in [5.41, 5.74) is 1.58. The fourth-order valence-electron chi connectivity index (χ4n) is 2.48. The smallest absolute Gasteiger partial charge is 0.252 e. The number of hydrogen-bond donors (Lipinski definition) is 2. The number of hydrogen-bond acceptors (Lipinski definition) is 5. The Morgan fingerprint density at radius 1 is 1.21 bits per heavy atom. The van der Waals surface area contributed by atoms with Crippen LogP contribution in [-0.2, 0) is 4.79 Å². The Labute approximate surface area is 171 Å². The van der Waals surface area contributed by atoms with Gasteiger partial charge in [0.15, 0.2) is 5.16 Å². The molecule has 1 atom stereocenters. The zero-order valence-corrected chi connectivity index (χ0v) is 16.8. The average molecular weight is 416 g/mol. The normalized spacial score (nSPS) is 11.7. The summed E-state index contributed by atoms with van der Waals surface area (Å²) in [6, 6.07) is 15.8. The van der Waals surface area contributed by atoms with E-state index in [1.54, 1.807) is 25.1 Å². The number of nitrogens with one attached hydrogen (secondary N) is 2. The first-order chi connectivity index (χ1) is 13.5. The number of carbonyl (C=O) groups excluding carboxylic acids is 1. The lowest BCUT2D eigenvalue weighted by Crippen LogP contribution is -2.23. The number of amides is 1. The molecule has 0 saturated carbocycles. The number of carbonyl (C=O) groups is 1. The van der Waals surface area contributed by atoms with E-state index in [0.717, 1.165) is 17.3 Å². The number of nitrogens with zero attached hydrogens (tertiary/aromatic N) is 1. The molecule has 0 spiro atoms. The third-order valence-electron chi connectivity index (χ3n) is 3.87. The minimum Gasteiger partial charge on any atom is -0.495 e. The van der Waals surface area contributed by atoms with Gasteiger partial charge in [0.25, 0.3) is 5.56 Å². The predicted molar refractivity (Wildman–Crippen MR) is 112 cm³/mol. The predicted octanol–water partition coefficient (Wildman–Crippen LogP) is 4.22. The molecule has 0 saturated heterocycles. The van der Waals surface area contributed by atoms with E-state index in [1.807, 2.05) is 30.3 Å². The van der Waals surface area contributed by atoms with E-state index < -0.39 is 5.25 Å². The zero-order chi connectivity index (χ0) is 20.1. The average Bonchev–Trinajstić information content (AvgIpc) is 2.68. The van der Waals surface area contributed by atoms with Gasteiger partial charge in [-0.2, -0.15) is 0 Å². The van der Waals surface area contributed by atoms with Gasteiger partial charge < -0.3 is 15.0 Å². The maximum atomic E-state index is 12.6. The van der Waals surface area contributed by atoms with Crippen LogP contribution in [0.4, 0.5) is 5.69 Å². The van der Waals surface area contributed by atoms with Crippen LogP contribution in [0.1, 0.15) is 6.92 Å². The molecule has 8 heteroatoms. The Bertz CT molecular complexity index is 1040. The second kappa shape index (κ2) is 8.95. The third kappa shape index (κ3) is 4.94. The first kappa shape index (κ1) is 20.0. The van der Waals surface area contributed by atoms with Gasteiger partial charge in [-0.1, -0.05) is 53.7 Å². The molecule has 1 aromatic heterocycles. The van der Waals surface area contributed by atoms with E-state index in [0.29, 0.717) is 27.3 Å². The highest BCUT2D eigenvalue weighted by Gasteiger charge is 2.18. The van der Waals surface area contributed by atoms with Gasteiger partial charge in [0.05, 0.1) is 23.7 Å². The van der Waals surface area contributed by atoms with Gasteiger partial charge in [-0.25, -0.2) is 4.98 Å². The minimum atomic E-state index is -0.516. The fourth-order valence-corrected chi connectivity index (χ4v) is 3.46. The van der Waals surface area contributed by atoms with Crippen LogP contribution in [0.3, 0.4) is 0 Å². The molecule has 0 aliphatic rings. The summed E-state index contributed by atoms with van der Waals surface area (Å²) in [5.74, 6) is 0.242. The molecule has 2 N–H and O–H groups in total. The molecular weight excluding hydrogens is 398 g/mol. The molecule has 1 unspecified atom stereocenters. The molecule has 3 aromatic rings. The number of methoxy groups -OCH3 is 1. The molecule has 1 heterocycles. The van der Waals surface area contributed by atoms with Crippen molar-refractivity contribution in [3.63, 3.8) is 0 Å². The van der Waals surface area contributed by atoms with E-state index in [2.05, 4.69) is 15.3 Å². The van der Waals surface area contributed by atoms with Crippen molar-refractivity contribution in [1.29, 1.82) is 0 Å². The third-order valence-corrected chi connectivity index (χ3v) is 5.09. The van der Waals surface area contributed by atoms with Crippen LogP contribution in [0.15, 0.2) is 64.5 Å². The molecule has 0 bridgehead atoms. The van der Waals surface area contributed by atoms with E-state index >= 15 is 0 Å². The summed E-state index contributed by atoms with van der Waals surface area (Å²) in [4.78, 5) is 31.7. The van der Waals surface area contributed by atoms with Crippen molar-refractivity contribution >= 4 is 35.0 Å². The van der Waals surface area contributed by atoms with Gasteiger partial charge in [0.1, 0.15) is 5.75 Å². The lowest BCUT2D eigenvalue weighted by molar-refractivity contribution is -0.115. The van der Waals surface area contributed by atoms with Gasteiger partial charge in [-0.15, -0.1) is 0 Å². The maximum absolute atomic E-state index is 12.6. The van der Waals surface area contributed by atoms with Crippen LogP contribution in [-0.4, -0.2) is 28.2 Å². The standard InChI is InChI=1S/C20H18ClN3O3S/c1-12(19(26)22-16-10-14(21)8-9-17(16)27-2)28-20-23-15(11-18(25)24-20)13-6-4-3-5-7-13/h3-12H,1-2H3,(H,22,26)(H,23,24,25). The van der Waals surface area contributed by atoms with E-state index in [9.17, 15) is 9.59 Å². The molecule has 0 aliphatic carbocycles. The zero-order valence-electron chi connectivity index (χ0n) is 15.2. The van der Waals surface area contributed by atoms with Gasteiger partial charge in [0.2, 0.25) is 5.91 Å². The quantitative estimate of drug-likeness (QED) is 0.465. The Balaban J connectivity index is 1.77. The van der Waals surface area contributed by atoms with E-state index in [1.165, 1.54) is 13.2 Å². The fraction of sp³-hybridized carbons (Fsp3) is 0.150. The lowest BCUT2D eigenvalue weighted by Gasteiger charge is -2.14. The number of aromatic nitrogens is 2. The number of rotatable bonds is 6. The molecule has 3 rings (SSSR count). The first-order valence-electron chi connectivity index (χ1n) is 8.44. The van der Waals surface area contributed by atoms with Crippen molar-refractivity contribution in [3.8, 4) is 17.0 Å². The Kier molecular flexibility index (Phi) is 6.38. The van der Waals surface area contributed by atoms with Crippen LogP contribution in [0, 0.1) is 0 Å². The van der Waals surface area contributed by atoms with Crippen LogP contribution >= 0.6 is 23.4 Å². The van der Waals surface area contributed by atoms with Crippen LogP contribution in [0.2, 0.25) is 5.02 Å². The molecule has 28 heavy (non-hydrogen) atoms. The maximum Gasteiger partial charge on any atom is 0.252 e. The van der Waals surface area contributed by atoms with Crippen LogP contribution in [0.5, 0.6) is 5.75 Å². The Morgan fingerprint density at radius 3 is 2.68 bits per heavy atom. The summed E-state index contributed by atoms with van der Waals surface area (Å²) in [6.45, 7) is 1.73. The molecule has 0 aliphatic heterocycles. The van der Waals surface area contributed by atoms with Crippen LogP contribution in [0.25, 0.3) is 11.3 Å². The highest BCUT2D eigenvalue weighted by molar-refractivity contribution is 8.00. The summed E-state index contributed by atoms with van der Waals surface area (Å²) in [7, 11) is 1.51. The largest absolute Gasteiger partial charge is 0.495 e. The van der Waals surface area contributed by atoms with Crippen molar-refractivity contribution < 1.29 is 9.53 Å². The summed E-state index contributed by atoms with van der Waals surface area (Å²) in [6.07, 6.45) is 0. The SMILES string of the molecule is COc1ccc(Cl)cc1NC(=O)C(C)Sc1nc(-c2ccccc2)cc(=O)[nH]1. The van der Waals surface area contributed by atoms with Crippen molar-refractivity contribution in [2.24, 2.45) is 0 Å². The van der Waals surface area contributed by atoms with Gasteiger partial charge in [-0.05, 0) is 25.1 Å². The number of thioether (sulfide) groups is 1.